The Balaban J connectivity index is 1.56. The van der Waals surface area contributed by atoms with Crippen molar-refractivity contribution in [2.75, 3.05) is 25.4 Å². The van der Waals surface area contributed by atoms with Gasteiger partial charge < -0.3 is 20.6 Å². The fraction of sp³-hybridized carbons (Fsp3) is 0.222. The number of ether oxygens (including phenoxy) is 2. The Bertz CT molecular complexity index is 765. The molecule has 0 radical (unpaired) electrons. The Labute approximate surface area is 156 Å². The summed E-state index contributed by atoms with van der Waals surface area (Å²) in [6, 6.07) is 15.6. The number of benzene rings is 2. The van der Waals surface area contributed by atoms with Crippen molar-refractivity contribution in [1.82, 2.24) is 14.9 Å². The number of hydrogen-bond acceptors (Lipinski definition) is 7. The summed E-state index contributed by atoms with van der Waals surface area (Å²) >= 11 is 1.54. The van der Waals surface area contributed by atoms with Gasteiger partial charge in [-0.05, 0) is 42.0 Å². The van der Waals surface area contributed by atoms with E-state index in [9.17, 15) is 0 Å². The van der Waals surface area contributed by atoms with Crippen LogP contribution in [0.15, 0.2) is 53.7 Å². The zero-order valence-electron chi connectivity index (χ0n) is 14.7. The highest BCUT2D eigenvalue weighted by Gasteiger charge is 2.10. The van der Waals surface area contributed by atoms with E-state index in [4.69, 9.17) is 15.3 Å². The number of nitrogens with zero attached hydrogens (tertiary/aromatic N) is 3. The van der Waals surface area contributed by atoms with Crippen LogP contribution >= 0.6 is 11.8 Å². The first-order valence-corrected chi connectivity index (χ1v) is 9.01. The van der Waals surface area contributed by atoms with Crippen LogP contribution in [0.25, 0.3) is 0 Å². The summed E-state index contributed by atoms with van der Waals surface area (Å²) in [5.74, 6) is 9.19. The van der Waals surface area contributed by atoms with Crippen molar-refractivity contribution >= 4 is 17.4 Å². The lowest BCUT2D eigenvalue weighted by Gasteiger charge is -2.07. The van der Waals surface area contributed by atoms with Crippen LogP contribution in [0.3, 0.4) is 0 Å². The van der Waals surface area contributed by atoms with Gasteiger partial charge in [0.25, 0.3) is 0 Å². The molecule has 3 aromatic rings. The molecule has 0 spiro atoms. The minimum atomic E-state index is 0.485. The number of thioether (sulfide) groups is 1. The molecular weight excluding hydrogens is 350 g/mol. The summed E-state index contributed by atoms with van der Waals surface area (Å²) in [5, 5.41) is 12.3. The molecule has 0 aliphatic carbocycles. The third kappa shape index (κ3) is 4.40. The maximum absolute atomic E-state index is 6.11. The Morgan fingerprint density at radius 1 is 0.962 bits per heavy atom. The molecule has 8 heteroatoms. The van der Waals surface area contributed by atoms with Crippen LogP contribution in [0.2, 0.25) is 0 Å². The summed E-state index contributed by atoms with van der Waals surface area (Å²) in [7, 11) is 3.30. The number of hydrogen-bond donors (Lipinski definition) is 2. The first kappa shape index (κ1) is 17.9. The van der Waals surface area contributed by atoms with Crippen LogP contribution in [0.4, 0.5) is 5.69 Å². The van der Waals surface area contributed by atoms with Crippen molar-refractivity contribution in [1.29, 1.82) is 0 Å². The van der Waals surface area contributed by atoms with Crippen molar-refractivity contribution in [3.05, 3.63) is 59.9 Å². The van der Waals surface area contributed by atoms with Gasteiger partial charge in [0, 0.05) is 11.4 Å². The molecular formula is C18H21N5O2S. The van der Waals surface area contributed by atoms with Gasteiger partial charge in [0.15, 0.2) is 5.82 Å². The third-order valence-electron chi connectivity index (χ3n) is 3.80. The number of rotatable bonds is 8. The van der Waals surface area contributed by atoms with E-state index in [1.54, 1.807) is 26.0 Å². The number of methoxy groups -OCH3 is 2. The molecule has 0 unspecified atom stereocenters. The van der Waals surface area contributed by atoms with Crippen LogP contribution in [-0.2, 0) is 12.3 Å². The molecule has 0 saturated carbocycles. The molecule has 0 fully saturated rings. The predicted octanol–water partition coefficient (Wildman–Crippen LogP) is 2.91. The molecule has 3 rings (SSSR count). The van der Waals surface area contributed by atoms with E-state index in [0.29, 0.717) is 17.5 Å². The first-order valence-electron chi connectivity index (χ1n) is 8.02. The second-order valence-electron chi connectivity index (χ2n) is 5.49. The fourth-order valence-corrected chi connectivity index (χ4v) is 3.12. The molecule has 1 aromatic heterocycles. The number of anilines is 1. The van der Waals surface area contributed by atoms with Gasteiger partial charge in [-0.25, -0.2) is 4.68 Å². The number of nitrogens with one attached hydrogen (secondary N) is 1. The average molecular weight is 371 g/mol. The van der Waals surface area contributed by atoms with Crippen LogP contribution in [0, 0.1) is 0 Å². The predicted molar refractivity (Wildman–Crippen MR) is 103 cm³/mol. The van der Waals surface area contributed by atoms with Gasteiger partial charge in [0.1, 0.15) is 11.5 Å². The molecule has 3 N–H and O–H groups in total. The van der Waals surface area contributed by atoms with Gasteiger partial charge in [-0.15, -0.1) is 10.2 Å². The van der Waals surface area contributed by atoms with Crippen molar-refractivity contribution < 1.29 is 9.47 Å². The van der Waals surface area contributed by atoms with Crippen molar-refractivity contribution in [3.8, 4) is 11.5 Å². The smallest absolute Gasteiger partial charge is 0.210 e. The third-order valence-corrected chi connectivity index (χ3v) is 4.82. The van der Waals surface area contributed by atoms with Crippen molar-refractivity contribution in [3.63, 3.8) is 0 Å². The van der Waals surface area contributed by atoms with Crippen LogP contribution in [0.5, 0.6) is 11.5 Å². The zero-order valence-corrected chi connectivity index (χ0v) is 15.5. The summed E-state index contributed by atoms with van der Waals surface area (Å²) in [5.41, 5.74) is 2.12. The van der Waals surface area contributed by atoms with E-state index in [1.807, 2.05) is 48.5 Å². The Hall–Kier alpha value is -2.87. The molecule has 0 bridgehead atoms. The monoisotopic (exact) mass is 371 g/mol. The Morgan fingerprint density at radius 2 is 1.58 bits per heavy atom. The normalized spacial score (nSPS) is 10.5. The second-order valence-corrected chi connectivity index (χ2v) is 6.43. The average Bonchev–Trinajstić information content (AvgIpc) is 3.05. The van der Waals surface area contributed by atoms with Crippen molar-refractivity contribution in [2.45, 2.75) is 17.5 Å². The van der Waals surface area contributed by atoms with Crippen LogP contribution < -0.4 is 20.6 Å². The SMILES string of the molecule is COc1ccc(CSc2nnc(CNc3ccc(OC)cc3)n2N)cc1. The maximum Gasteiger partial charge on any atom is 0.210 e. The molecule has 26 heavy (non-hydrogen) atoms. The second kappa shape index (κ2) is 8.48. The fourth-order valence-electron chi connectivity index (χ4n) is 2.29. The van der Waals surface area contributed by atoms with E-state index in [0.717, 1.165) is 28.5 Å². The van der Waals surface area contributed by atoms with Crippen LogP contribution in [0.1, 0.15) is 11.4 Å². The molecule has 2 aromatic carbocycles. The quantitative estimate of drug-likeness (QED) is 0.465. The lowest BCUT2D eigenvalue weighted by atomic mass is 10.2. The molecule has 7 nitrogen and oxygen atoms in total. The number of nitrogen functional groups attached to an aromatic ring is 1. The minimum absolute atomic E-state index is 0.485. The molecule has 0 aliphatic heterocycles. The van der Waals surface area contributed by atoms with Crippen LogP contribution in [-0.4, -0.2) is 29.1 Å². The van der Waals surface area contributed by atoms with Gasteiger partial charge in [-0.1, -0.05) is 23.9 Å². The zero-order chi connectivity index (χ0) is 18.4. The minimum Gasteiger partial charge on any atom is -0.497 e. The van der Waals surface area contributed by atoms with E-state index in [2.05, 4.69) is 15.5 Å². The highest BCUT2D eigenvalue weighted by Crippen LogP contribution is 2.22. The summed E-state index contributed by atoms with van der Waals surface area (Å²) in [4.78, 5) is 0. The highest BCUT2D eigenvalue weighted by atomic mass is 32.2. The molecule has 0 saturated heterocycles. The van der Waals surface area contributed by atoms with Crippen molar-refractivity contribution in [2.24, 2.45) is 0 Å². The standard InChI is InChI=1S/C18H21N5O2S/c1-24-15-7-3-13(4-8-15)12-26-18-22-21-17(23(18)19)11-20-14-5-9-16(25-2)10-6-14/h3-10,20H,11-12,19H2,1-2H3. The van der Waals surface area contributed by atoms with Gasteiger partial charge in [-0.3, -0.25) is 0 Å². The van der Waals surface area contributed by atoms with Gasteiger partial charge >= 0.3 is 0 Å². The van der Waals surface area contributed by atoms with Gasteiger partial charge in [0.05, 0.1) is 20.8 Å². The summed E-state index contributed by atoms with van der Waals surface area (Å²) in [6.45, 7) is 0.485. The van der Waals surface area contributed by atoms with E-state index in [1.165, 1.54) is 4.68 Å². The molecule has 1 heterocycles. The molecule has 0 amide bonds. The lowest BCUT2D eigenvalue weighted by Crippen LogP contribution is -2.16. The summed E-state index contributed by atoms with van der Waals surface area (Å²) in [6.07, 6.45) is 0. The van der Waals surface area contributed by atoms with E-state index < -0.39 is 0 Å². The number of nitrogens with two attached hydrogens (primary N) is 1. The molecule has 0 aliphatic rings. The topological polar surface area (TPSA) is 87.2 Å². The number of aromatic nitrogens is 3. The Kier molecular flexibility index (Phi) is 5.85. The largest absolute Gasteiger partial charge is 0.497 e. The highest BCUT2D eigenvalue weighted by molar-refractivity contribution is 7.98. The Morgan fingerprint density at radius 3 is 2.19 bits per heavy atom. The van der Waals surface area contributed by atoms with Gasteiger partial charge in [-0.2, -0.15) is 0 Å². The van der Waals surface area contributed by atoms with E-state index >= 15 is 0 Å². The maximum atomic E-state index is 6.11. The summed E-state index contributed by atoms with van der Waals surface area (Å²) < 4.78 is 11.8. The van der Waals surface area contributed by atoms with Gasteiger partial charge in [0.2, 0.25) is 5.16 Å². The molecule has 136 valence electrons. The van der Waals surface area contributed by atoms with E-state index in [-0.39, 0.29) is 0 Å². The molecule has 0 atom stereocenters. The lowest BCUT2D eigenvalue weighted by molar-refractivity contribution is 0.414. The first-order chi connectivity index (χ1) is 12.7.